The third-order valence-corrected chi connectivity index (χ3v) is 6.20. The van der Waals surface area contributed by atoms with Gasteiger partial charge in [0.25, 0.3) is 5.91 Å². The van der Waals surface area contributed by atoms with Gasteiger partial charge in [-0.2, -0.15) is 0 Å². The molecular formula is C24H24Cl2N4O3. The molecule has 2 aromatic carbocycles. The number of fused-ring (bicyclic) bond motifs is 1. The number of amides is 3. The number of H-pyrrole nitrogens is 1. The van der Waals surface area contributed by atoms with E-state index < -0.39 is 6.04 Å². The molecular weight excluding hydrogens is 463 g/mol. The SMILES string of the molecule is CC(=O)NC(Cc1c[nH]c2ccccc12)C(=O)N1CCN(C(=O)c2cc(Cl)cc(Cl)c2)CC1. The fourth-order valence-electron chi connectivity index (χ4n) is 4.18. The van der Waals surface area contributed by atoms with Crippen LogP contribution >= 0.6 is 23.2 Å². The number of hydrogen-bond donors (Lipinski definition) is 2. The molecule has 172 valence electrons. The van der Waals surface area contributed by atoms with Crippen LogP contribution in [0, 0.1) is 0 Å². The minimum absolute atomic E-state index is 0.159. The second-order valence-electron chi connectivity index (χ2n) is 8.09. The fourth-order valence-corrected chi connectivity index (χ4v) is 4.70. The normalized spacial score (nSPS) is 14.9. The zero-order chi connectivity index (χ0) is 23.5. The van der Waals surface area contributed by atoms with Crippen LogP contribution in [0.2, 0.25) is 10.0 Å². The van der Waals surface area contributed by atoms with Crippen LogP contribution in [0.4, 0.5) is 0 Å². The Morgan fingerprint density at radius 3 is 2.30 bits per heavy atom. The number of carbonyl (C=O) groups excluding carboxylic acids is 3. The minimum Gasteiger partial charge on any atom is -0.361 e. The minimum atomic E-state index is -0.685. The van der Waals surface area contributed by atoms with Crippen molar-refractivity contribution in [3.05, 3.63) is 69.8 Å². The molecule has 33 heavy (non-hydrogen) atoms. The number of halogens is 2. The van der Waals surface area contributed by atoms with Crippen LogP contribution < -0.4 is 5.32 Å². The summed E-state index contributed by atoms with van der Waals surface area (Å²) in [6.45, 7) is 2.93. The molecule has 1 aliphatic rings. The second-order valence-corrected chi connectivity index (χ2v) is 8.97. The van der Waals surface area contributed by atoms with Gasteiger partial charge in [-0.15, -0.1) is 0 Å². The molecule has 1 aliphatic heterocycles. The Balaban J connectivity index is 1.43. The molecule has 0 spiro atoms. The Morgan fingerprint density at radius 1 is 1.00 bits per heavy atom. The maximum absolute atomic E-state index is 13.3. The fraction of sp³-hybridized carbons (Fsp3) is 0.292. The first-order valence-corrected chi connectivity index (χ1v) is 11.4. The Hall–Kier alpha value is -3.03. The highest BCUT2D eigenvalue weighted by atomic mass is 35.5. The van der Waals surface area contributed by atoms with E-state index in [4.69, 9.17) is 23.2 Å². The van der Waals surface area contributed by atoms with Crippen molar-refractivity contribution in [2.75, 3.05) is 26.2 Å². The predicted molar refractivity (Wildman–Crippen MR) is 129 cm³/mol. The molecule has 3 aromatic rings. The number of nitrogens with one attached hydrogen (secondary N) is 2. The van der Waals surface area contributed by atoms with Gasteiger partial charge in [-0.1, -0.05) is 41.4 Å². The Bertz CT molecular complexity index is 1180. The Morgan fingerprint density at radius 2 is 1.64 bits per heavy atom. The molecule has 1 fully saturated rings. The highest BCUT2D eigenvalue weighted by molar-refractivity contribution is 6.35. The van der Waals surface area contributed by atoms with E-state index >= 15 is 0 Å². The van der Waals surface area contributed by atoms with E-state index in [2.05, 4.69) is 10.3 Å². The van der Waals surface area contributed by atoms with Crippen LogP contribution in [0.3, 0.4) is 0 Å². The monoisotopic (exact) mass is 486 g/mol. The standard InChI is InChI=1S/C24H24Cl2N4O3/c1-15(31)28-22(12-17-14-27-21-5-3-2-4-20(17)21)24(33)30-8-6-29(7-9-30)23(32)16-10-18(25)13-19(26)11-16/h2-5,10-11,13-14,22,27H,6-9,12H2,1H3,(H,28,31). The number of aromatic nitrogens is 1. The quantitative estimate of drug-likeness (QED) is 0.578. The lowest BCUT2D eigenvalue weighted by Crippen LogP contribution is -2.56. The molecule has 1 aromatic heterocycles. The van der Waals surface area contributed by atoms with Gasteiger partial charge in [-0.05, 0) is 29.8 Å². The summed E-state index contributed by atoms with van der Waals surface area (Å²) >= 11 is 12.0. The summed E-state index contributed by atoms with van der Waals surface area (Å²) in [5.74, 6) is -0.600. The second kappa shape index (κ2) is 9.85. The van der Waals surface area contributed by atoms with Gasteiger partial charge in [-0.3, -0.25) is 14.4 Å². The smallest absolute Gasteiger partial charge is 0.254 e. The van der Waals surface area contributed by atoms with E-state index in [0.29, 0.717) is 48.2 Å². The van der Waals surface area contributed by atoms with Crippen molar-refractivity contribution in [2.45, 2.75) is 19.4 Å². The van der Waals surface area contributed by atoms with Crippen LogP contribution in [-0.2, 0) is 16.0 Å². The predicted octanol–water partition coefficient (Wildman–Crippen LogP) is 3.51. The lowest BCUT2D eigenvalue weighted by Gasteiger charge is -2.36. The van der Waals surface area contributed by atoms with Gasteiger partial charge >= 0.3 is 0 Å². The molecule has 7 nitrogen and oxygen atoms in total. The van der Waals surface area contributed by atoms with Gasteiger partial charge in [0.2, 0.25) is 11.8 Å². The van der Waals surface area contributed by atoms with E-state index in [9.17, 15) is 14.4 Å². The zero-order valence-electron chi connectivity index (χ0n) is 18.1. The molecule has 3 amide bonds. The summed E-state index contributed by atoms with van der Waals surface area (Å²) in [6.07, 6.45) is 2.25. The van der Waals surface area contributed by atoms with E-state index in [1.54, 1.807) is 28.0 Å². The summed E-state index contributed by atoms with van der Waals surface area (Å²) < 4.78 is 0. The number of para-hydroxylation sites is 1. The molecule has 9 heteroatoms. The van der Waals surface area contributed by atoms with Crippen LogP contribution in [0.5, 0.6) is 0 Å². The van der Waals surface area contributed by atoms with Crippen molar-refractivity contribution in [1.29, 1.82) is 0 Å². The molecule has 0 radical (unpaired) electrons. The summed E-state index contributed by atoms with van der Waals surface area (Å²) in [6, 6.07) is 11.9. The van der Waals surface area contributed by atoms with Gasteiger partial charge < -0.3 is 20.1 Å². The Kier molecular flexibility index (Phi) is 6.91. The van der Waals surface area contributed by atoms with E-state index in [1.807, 2.05) is 30.5 Å². The third-order valence-electron chi connectivity index (χ3n) is 5.76. The molecule has 2 heterocycles. The maximum Gasteiger partial charge on any atom is 0.254 e. The summed E-state index contributed by atoms with van der Waals surface area (Å²) in [4.78, 5) is 44.5. The van der Waals surface area contributed by atoms with Crippen molar-refractivity contribution in [3.8, 4) is 0 Å². The van der Waals surface area contributed by atoms with Crippen molar-refractivity contribution in [1.82, 2.24) is 20.1 Å². The highest BCUT2D eigenvalue weighted by Crippen LogP contribution is 2.22. The zero-order valence-corrected chi connectivity index (χ0v) is 19.6. The van der Waals surface area contributed by atoms with Crippen molar-refractivity contribution in [2.24, 2.45) is 0 Å². The number of rotatable bonds is 5. The third kappa shape index (κ3) is 5.31. The molecule has 4 rings (SSSR count). The van der Waals surface area contributed by atoms with Crippen molar-refractivity contribution in [3.63, 3.8) is 0 Å². The number of carbonyl (C=O) groups is 3. The average Bonchev–Trinajstić information content (AvgIpc) is 3.20. The molecule has 0 saturated carbocycles. The van der Waals surface area contributed by atoms with Crippen molar-refractivity contribution >= 4 is 51.8 Å². The lowest BCUT2D eigenvalue weighted by molar-refractivity contribution is -0.137. The summed E-state index contributed by atoms with van der Waals surface area (Å²) in [7, 11) is 0. The molecule has 0 aliphatic carbocycles. The van der Waals surface area contributed by atoms with E-state index in [1.165, 1.54) is 6.92 Å². The topological polar surface area (TPSA) is 85.5 Å². The summed E-state index contributed by atoms with van der Waals surface area (Å²) in [5, 5.41) is 4.62. The number of benzene rings is 2. The average molecular weight is 487 g/mol. The summed E-state index contributed by atoms with van der Waals surface area (Å²) in [5.41, 5.74) is 2.36. The van der Waals surface area contributed by atoms with Crippen LogP contribution in [0.25, 0.3) is 10.9 Å². The first-order chi connectivity index (χ1) is 15.8. The number of aromatic amines is 1. The van der Waals surface area contributed by atoms with Crippen molar-refractivity contribution < 1.29 is 14.4 Å². The van der Waals surface area contributed by atoms with Gasteiger partial charge in [0.1, 0.15) is 6.04 Å². The van der Waals surface area contributed by atoms with E-state index in [0.717, 1.165) is 16.5 Å². The van der Waals surface area contributed by atoms with Crippen LogP contribution in [0.15, 0.2) is 48.7 Å². The molecule has 1 atom stereocenters. The number of piperazine rings is 1. The van der Waals surface area contributed by atoms with Gasteiger partial charge in [0.05, 0.1) is 0 Å². The first-order valence-electron chi connectivity index (χ1n) is 10.7. The number of hydrogen-bond acceptors (Lipinski definition) is 3. The maximum atomic E-state index is 13.3. The highest BCUT2D eigenvalue weighted by Gasteiger charge is 2.30. The van der Waals surface area contributed by atoms with E-state index in [-0.39, 0.29) is 17.7 Å². The molecule has 0 bridgehead atoms. The van der Waals surface area contributed by atoms with Crippen LogP contribution in [0.1, 0.15) is 22.8 Å². The molecule has 1 saturated heterocycles. The first kappa shape index (κ1) is 23.1. The number of nitrogens with zero attached hydrogens (tertiary/aromatic N) is 2. The van der Waals surface area contributed by atoms with Gasteiger partial charge in [0.15, 0.2) is 0 Å². The lowest BCUT2D eigenvalue weighted by atomic mass is 10.0. The molecule has 2 N–H and O–H groups in total. The largest absolute Gasteiger partial charge is 0.361 e. The van der Waals surface area contributed by atoms with Crippen LogP contribution in [-0.4, -0.2) is 64.7 Å². The van der Waals surface area contributed by atoms with Gasteiger partial charge in [-0.25, -0.2) is 0 Å². The van der Waals surface area contributed by atoms with Gasteiger partial charge in [0, 0.05) is 72.2 Å². The molecule has 1 unspecified atom stereocenters. The Labute approximate surface area is 201 Å².